The van der Waals surface area contributed by atoms with Gasteiger partial charge < -0.3 is 5.32 Å². The van der Waals surface area contributed by atoms with Crippen molar-refractivity contribution in [2.75, 3.05) is 11.1 Å². The van der Waals surface area contributed by atoms with Gasteiger partial charge in [0, 0.05) is 33.3 Å². The molecule has 0 atom stereocenters. The smallest absolute Gasteiger partial charge is 0.234 e. The molecule has 0 unspecified atom stereocenters. The van der Waals surface area contributed by atoms with Gasteiger partial charge in [-0.2, -0.15) is 0 Å². The number of hydrogen-bond donors (Lipinski definition) is 1. The number of thiophene rings is 1. The zero-order chi connectivity index (χ0) is 20.9. The van der Waals surface area contributed by atoms with E-state index in [-0.39, 0.29) is 11.7 Å². The summed E-state index contributed by atoms with van der Waals surface area (Å²) in [6.45, 7) is 6.52. The van der Waals surface area contributed by atoms with E-state index in [0.717, 1.165) is 34.4 Å². The highest BCUT2D eigenvalue weighted by molar-refractivity contribution is 7.99. The minimum absolute atomic E-state index is 0.0587. The van der Waals surface area contributed by atoms with Gasteiger partial charge in [-0.1, -0.05) is 61.2 Å². The van der Waals surface area contributed by atoms with Gasteiger partial charge in [0.05, 0.1) is 5.75 Å². The second kappa shape index (κ2) is 9.28. The summed E-state index contributed by atoms with van der Waals surface area (Å²) in [6.07, 6.45) is 2.69. The third-order valence-electron chi connectivity index (χ3n) is 4.76. The largest absolute Gasteiger partial charge is 0.325 e. The summed E-state index contributed by atoms with van der Waals surface area (Å²) in [4.78, 5) is 12.5. The zero-order valence-corrected chi connectivity index (χ0v) is 18.3. The van der Waals surface area contributed by atoms with Crippen molar-refractivity contribution >= 4 is 44.8 Å². The number of aryl methyl sites for hydroxylation is 1. The van der Waals surface area contributed by atoms with E-state index in [1.54, 1.807) is 11.3 Å². The summed E-state index contributed by atoms with van der Waals surface area (Å²) >= 11 is 3.07. The number of thioether (sulfide) groups is 1. The molecule has 152 valence electrons. The number of anilines is 1. The first kappa shape index (κ1) is 20.4. The van der Waals surface area contributed by atoms with Crippen molar-refractivity contribution in [2.24, 2.45) is 0 Å². The average molecular weight is 435 g/mol. The van der Waals surface area contributed by atoms with E-state index in [1.807, 2.05) is 47.0 Å². The van der Waals surface area contributed by atoms with Crippen LogP contribution in [0.15, 0.2) is 71.7 Å². The highest BCUT2D eigenvalue weighted by Gasteiger charge is 2.18. The second-order valence-corrected chi connectivity index (χ2v) is 8.55. The molecule has 0 aliphatic rings. The summed E-state index contributed by atoms with van der Waals surface area (Å²) in [5.41, 5.74) is 3.04. The van der Waals surface area contributed by atoms with E-state index < -0.39 is 0 Å². The Labute approximate surface area is 183 Å². The molecule has 0 aliphatic carbocycles. The topological polar surface area (TPSA) is 59.8 Å². The molecule has 0 bridgehead atoms. The van der Waals surface area contributed by atoms with Crippen LogP contribution in [0.3, 0.4) is 0 Å². The van der Waals surface area contributed by atoms with Crippen molar-refractivity contribution in [1.29, 1.82) is 0 Å². The minimum atomic E-state index is -0.0587. The van der Waals surface area contributed by atoms with E-state index >= 15 is 0 Å². The molecule has 2 aromatic heterocycles. The highest BCUT2D eigenvalue weighted by atomic mass is 32.2. The Kier molecular flexibility index (Phi) is 6.30. The fourth-order valence-corrected chi connectivity index (χ4v) is 4.99. The number of rotatable bonds is 8. The molecule has 0 saturated heterocycles. The van der Waals surface area contributed by atoms with Gasteiger partial charge in [0.2, 0.25) is 5.91 Å². The summed E-state index contributed by atoms with van der Waals surface area (Å²) in [5, 5.41) is 15.8. The van der Waals surface area contributed by atoms with Crippen LogP contribution in [0.4, 0.5) is 5.69 Å². The molecule has 0 aliphatic heterocycles. The lowest BCUT2D eigenvalue weighted by Crippen LogP contribution is -2.15. The molecule has 5 nitrogen and oxygen atoms in total. The van der Waals surface area contributed by atoms with E-state index in [1.165, 1.54) is 16.5 Å². The van der Waals surface area contributed by atoms with Gasteiger partial charge in [0.15, 0.2) is 11.0 Å². The predicted octanol–water partition coefficient (Wildman–Crippen LogP) is 5.64. The Morgan fingerprint density at radius 3 is 2.83 bits per heavy atom. The number of carbonyl (C=O) groups is 1. The molecule has 0 fully saturated rings. The average Bonchev–Trinajstić information content (AvgIpc) is 3.37. The monoisotopic (exact) mass is 434 g/mol. The van der Waals surface area contributed by atoms with Crippen molar-refractivity contribution < 1.29 is 4.79 Å². The van der Waals surface area contributed by atoms with Crippen molar-refractivity contribution in [2.45, 2.75) is 25.0 Å². The quantitative estimate of drug-likeness (QED) is 0.288. The molecule has 4 rings (SSSR count). The van der Waals surface area contributed by atoms with Gasteiger partial charge in [-0.05, 0) is 24.1 Å². The van der Waals surface area contributed by atoms with E-state index in [9.17, 15) is 4.79 Å². The van der Waals surface area contributed by atoms with Crippen LogP contribution in [-0.2, 0) is 17.8 Å². The first-order chi connectivity index (χ1) is 14.7. The van der Waals surface area contributed by atoms with Gasteiger partial charge in [-0.25, -0.2) is 0 Å². The number of nitrogens with zero attached hydrogens (tertiary/aromatic N) is 3. The van der Waals surface area contributed by atoms with Gasteiger partial charge in [0.1, 0.15) is 0 Å². The molecule has 4 aromatic rings. The Morgan fingerprint density at radius 2 is 2.00 bits per heavy atom. The molecule has 0 radical (unpaired) electrons. The Balaban J connectivity index is 1.53. The summed E-state index contributed by atoms with van der Waals surface area (Å²) in [7, 11) is 0. The van der Waals surface area contributed by atoms with E-state index in [2.05, 4.69) is 46.5 Å². The van der Waals surface area contributed by atoms with Gasteiger partial charge in [0.25, 0.3) is 0 Å². The standard InChI is InChI=1S/C23H22N4OS2/c1-3-13-27-22(18-14-29-20-12-8-6-10-17(18)20)25-26-23(27)30-15-21(28)24-19-11-7-5-9-16(19)4-2/h3,5-12,14H,1,4,13,15H2,2H3,(H,24,28). The van der Waals surface area contributed by atoms with E-state index in [4.69, 9.17) is 0 Å². The molecular weight excluding hydrogens is 412 g/mol. The summed E-state index contributed by atoms with van der Waals surface area (Å²) in [6, 6.07) is 16.1. The van der Waals surface area contributed by atoms with Crippen molar-refractivity contribution in [3.8, 4) is 11.4 Å². The van der Waals surface area contributed by atoms with Crippen LogP contribution in [0.25, 0.3) is 21.5 Å². The predicted molar refractivity (Wildman–Crippen MR) is 126 cm³/mol. The number of benzene rings is 2. The van der Waals surface area contributed by atoms with Crippen molar-refractivity contribution in [1.82, 2.24) is 14.8 Å². The number of amides is 1. The number of allylic oxidation sites excluding steroid dienone is 1. The normalized spacial score (nSPS) is 11.0. The third kappa shape index (κ3) is 4.17. The van der Waals surface area contributed by atoms with Crippen LogP contribution in [-0.4, -0.2) is 26.4 Å². The fourth-order valence-electron chi connectivity index (χ4n) is 3.31. The molecule has 1 amide bonds. The molecule has 1 N–H and O–H groups in total. The van der Waals surface area contributed by atoms with Crippen LogP contribution >= 0.6 is 23.1 Å². The van der Waals surface area contributed by atoms with Gasteiger partial charge in [-0.3, -0.25) is 9.36 Å². The first-order valence-electron chi connectivity index (χ1n) is 9.72. The van der Waals surface area contributed by atoms with Crippen LogP contribution in [0, 0.1) is 0 Å². The Hall–Kier alpha value is -2.90. The van der Waals surface area contributed by atoms with Gasteiger partial charge >= 0.3 is 0 Å². The van der Waals surface area contributed by atoms with Crippen LogP contribution in [0.5, 0.6) is 0 Å². The SMILES string of the molecule is C=CCn1c(SCC(=O)Nc2ccccc2CC)nnc1-c1csc2ccccc12. The maximum atomic E-state index is 12.5. The van der Waals surface area contributed by atoms with Gasteiger partial charge in [-0.15, -0.1) is 28.1 Å². The zero-order valence-electron chi connectivity index (χ0n) is 16.7. The van der Waals surface area contributed by atoms with E-state index in [0.29, 0.717) is 11.7 Å². The second-order valence-electron chi connectivity index (χ2n) is 6.70. The minimum Gasteiger partial charge on any atom is -0.325 e. The number of para-hydroxylation sites is 1. The van der Waals surface area contributed by atoms with Crippen LogP contribution in [0.1, 0.15) is 12.5 Å². The number of nitrogens with one attached hydrogen (secondary N) is 1. The Morgan fingerprint density at radius 1 is 1.20 bits per heavy atom. The molecule has 0 saturated carbocycles. The van der Waals surface area contributed by atoms with Crippen LogP contribution in [0.2, 0.25) is 0 Å². The lowest BCUT2D eigenvalue weighted by molar-refractivity contribution is -0.113. The lowest BCUT2D eigenvalue weighted by atomic mass is 10.1. The summed E-state index contributed by atoms with van der Waals surface area (Å²) in [5.74, 6) is 1.00. The number of aromatic nitrogens is 3. The molecule has 7 heteroatoms. The third-order valence-corrected chi connectivity index (χ3v) is 6.69. The fraction of sp³-hybridized carbons (Fsp3) is 0.174. The molecule has 2 heterocycles. The lowest BCUT2D eigenvalue weighted by Gasteiger charge is -2.10. The summed E-state index contributed by atoms with van der Waals surface area (Å²) < 4.78 is 3.23. The molecule has 0 spiro atoms. The first-order valence-corrected chi connectivity index (χ1v) is 11.6. The molecule has 30 heavy (non-hydrogen) atoms. The number of hydrogen-bond acceptors (Lipinski definition) is 5. The maximum absolute atomic E-state index is 12.5. The van der Waals surface area contributed by atoms with Crippen molar-refractivity contribution in [3.05, 3.63) is 72.1 Å². The number of carbonyl (C=O) groups excluding carboxylic acids is 1. The molecular formula is C23H22N4OS2. The molecule has 2 aromatic carbocycles. The number of fused-ring (bicyclic) bond motifs is 1. The maximum Gasteiger partial charge on any atom is 0.234 e. The van der Waals surface area contributed by atoms with Crippen LogP contribution < -0.4 is 5.32 Å². The van der Waals surface area contributed by atoms with Crippen molar-refractivity contribution in [3.63, 3.8) is 0 Å². The highest BCUT2D eigenvalue weighted by Crippen LogP contribution is 2.34. The Bertz CT molecular complexity index is 1190.